The SMILES string of the molecule is O=C(NC(c1ccccn1)C1CC1)c1ccc2[nH]nc(-c3ccc(N4[C@@H]5CC[C@H]4CC(O)C5)cc3)c2c1. The highest BCUT2D eigenvalue weighted by Gasteiger charge is 2.40. The van der Waals surface area contributed by atoms with E-state index < -0.39 is 0 Å². The Morgan fingerprint density at radius 1 is 1.00 bits per heavy atom. The molecule has 3 aliphatic rings. The summed E-state index contributed by atoms with van der Waals surface area (Å²) in [6.07, 6.45) is 7.86. The van der Waals surface area contributed by atoms with Gasteiger partial charge in [-0.1, -0.05) is 18.2 Å². The van der Waals surface area contributed by atoms with Crippen molar-refractivity contribution < 1.29 is 9.90 Å². The monoisotopic (exact) mass is 493 g/mol. The second kappa shape index (κ2) is 8.99. The van der Waals surface area contributed by atoms with Crippen molar-refractivity contribution in [3.05, 3.63) is 78.1 Å². The van der Waals surface area contributed by atoms with E-state index in [0.717, 1.165) is 66.4 Å². The van der Waals surface area contributed by atoms with E-state index in [-0.39, 0.29) is 18.1 Å². The molecule has 4 heterocycles. The molecule has 4 atom stereocenters. The third-order valence-corrected chi connectivity index (χ3v) is 8.36. The molecule has 1 saturated carbocycles. The summed E-state index contributed by atoms with van der Waals surface area (Å²) in [4.78, 5) is 20.3. The number of piperidine rings is 1. The van der Waals surface area contributed by atoms with Crippen molar-refractivity contribution in [2.24, 2.45) is 5.92 Å². The summed E-state index contributed by atoms with van der Waals surface area (Å²) < 4.78 is 0. The van der Waals surface area contributed by atoms with E-state index in [2.05, 4.69) is 49.7 Å². The number of hydrogen-bond donors (Lipinski definition) is 3. The molecule has 3 N–H and O–H groups in total. The number of amides is 1. The van der Waals surface area contributed by atoms with Crippen molar-refractivity contribution >= 4 is 22.5 Å². The van der Waals surface area contributed by atoms with E-state index in [0.29, 0.717) is 23.6 Å². The number of benzene rings is 2. The third kappa shape index (κ3) is 4.17. The van der Waals surface area contributed by atoms with Crippen molar-refractivity contribution in [1.82, 2.24) is 20.5 Å². The number of hydrogen-bond acceptors (Lipinski definition) is 5. The van der Waals surface area contributed by atoms with Crippen LogP contribution in [0.25, 0.3) is 22.2 Å². The minimum Gasteiger partial charge on any atom is -0.393 e. The number of aromatic amines is 1. The molecule has 0 radical (unpaired) electrons. The first-order valence-electron chi connectivity index (χ1n) is 13.4. The second-order valence-corrected chi connectivity index (χ2v) is 10.8. The molecule has 7 heteroatoms. The number of fused-ring (bicyclic) bond motifs is 3. The summed E-state index contributed by atoms with van der Waals surface area (Å²) in [6.45, 7) is 0. The van der Waals surface area contributed by atoms with E-state index in [1.165, 1.54) is 5.69 Å². The minimum atomic E-state index is -0.168. The van der Waals surface area contributed by atoms with Gasteiger partial charge in [0.2, 0.25) is 0 Å². The molecule has 7 nitrogen and oxygen atoms in total. The molecule has 1 aliphatic carbocycles. The maximum atomic E-state index is 13.3. The van der Waals surface area contributed by atoms with Gasteiger partial charge in [0.15, 0.2) is 0 Å². The molecule has 2 aliphatic heterocycles. The number of carbonyl (C=O) groups excluding carboxylic acids is 1. The van der Waals surface area contributed by atoms with Crippen LogP contribution in [0, 0.1) is 5.92 Å². The number of rotatable bonds is 6. The van der Waals surface area contributed by atoms with E-state index >= 15 is 0 Å². The first kappa shape index (κ1) is 22.5. The molecule has 4 aromatic rings. The smallest absolute Gasteiger partial charge is 0.251 e. The Bertz CT molecular complexity index is 1420. The highest BCUT2D eigenvalue weighted by molar-refractivity contribution is 6.01. The van der Waals surface area contributed by atoms with Crippen LogP contribution < -0.4 is 10.2 Å². The molecule has 0 spiro atoms. The zero-order valence-electron chi connectivity index (χ0n) is 20.7. The number of aliphatic hydroxyl groups excluding tert-OH is 1. The number of nitrogens with zero attached hydrogens (tertiary/aromatic N) is 3. The number of H-pyrrole nitrogens is 1. The van der Waals surface area contributed by atoms with Crippen LogP contribution in [0.5, 0.6) is 0 Å². The summed E-state index contributed by atoms with van der Waals surface area (Å²) in [6, 6.07) is 20.9. The van der Waals surface area contributed by atoms with Gasteiger partial charge in [-0.05, 0) is 86.9 Å². The number of pyridine rings is 1. The highest BCUT2D eigenvalue weighted by atomic mass is 16.3. The van der Waals surface area contributed by atoms with Crippen LogP contribution in [0.1, 0.15) is 60.6 Å². The van der Waals surface area contributed by atoms with Gasteiger partial charge in [0, 0.05) is 40.5 Å². The van der Waals surface area contributed by atoms with Crippen LogP contribution in [-0.4, -0.2) is 44.4 Å². The normalized spacial score (nSPS) is 23.8. The lowest BCUT2D eigenvalue weighted by atomic mass is 9.98. The number of aliphatic hydroxyl groups is 1. The van der Waals surface area contributed by atoms with Crippen LogP contribution in [0.4, 0.5) is 5.69 Å². The molecule has 2 unspecified atom stereocenters. The number of carbonyl (C=O) groups is 1. The van der Waals surface area contributed by atoms with Gasteiger partial charge in [-0.2, -0.15) is 5.10 Å². The maximum Gasteiger partial charge on any atom is 0.251 e. The summed E-state index contributed by atoms with van der Waals surface area (Å²) in [7, 11) is 0. The predicted molar refractivity (Wildman–Crippen MR) is 143 cm³/mol. The van der Waals surface area contributed by atoms with E-state index in [4.69, 9.17) is 0 Å². The van der Waals surface area contributed by atoms with Gasteiger partial charge in [-0.3, -0.25) is 14.9 Å². The van der Waals surface area contributed by atoms with Crippen molar-refractivity contribution in [3.63, 3.8) is 0 Å². The average molecular weight is 494 g/mol. The average Bonchev–Trinajstić information content (AvgIpc) is 3.62. The Kier molecular flexibility index (Phi) is 5.47. The number of nitrogens with one attached hydrogen (secondary N) is 2. The number of aromatic nitrogens is 3. The zero-order chi connectivity index (χ0) is 24.9. The molecule has 2 bridgehead atoms. The molecule has 2 saturated heterocycles. The lowest BCUT2D eigenvalue weighted by Crippen LogP contribution is -2.44. The Morgan fingerprint density at radius 3 is 2.49 bits per heavy atom. The Hall–Kier alpha value is -3.71. The zero-order valence-corrected chi connectivity index (χ0v) is 20.7. The fourth-order valence-corrected chi connectivity index (χ4v) is 6.38. The lowest BCUT2D eigenvalue weighted by Gasteiger charge is -2.39. The van der Waals surface area contributed by atoms with Crippen LogP contribution in [0.15, 0.2) is 66.9 Å². The summed E-state index contributed by atoms with van der Waals surface area (Å²) in [5.41, 5.74) is 5.51. The van der Waals surface area contributed by atoms with Crippen LogP contribution in [0.3, 0.4) is 0 Å². The molecule has 2 aromatic carbocycles. The third-order valence-electron chi connectivity index (χ3n) is 8.36. The Morgan fingerprint density at radius 2 is 1.78 bits per heavy atom. The molecular formula is C30H31N5O2. The van der Waals surface area contributed by atoms with Crippen LogP contribution >= 0.6 is 0 Å². The second-order valence-electron chi connectivity index (χ2n) is 10.8. The standard InChI is InChI=1S/C30H31N5O2/c36-24-16-22-11-12-23(17-24)35(22)21-9-6-18(7-10-21)28-25-15-20(8-13-26(25)33-34-28)30(37)32-29(19-4-5-19)27-3-1-2-14-31-27/h1-3,6-10,13-15,19,22-24,29,36H,4-5,11-12,16-17H2,(H,32,37)(H,33,34)/t22-,23+,24?,29?. The summed E-state index contributed by atoms with van der Waals surface area (Å²) in [5, 5.41) is 22.0. The molecule has 188 valence electrons. The topological polar surface area (TPSA) is 94.1 Å². The number of anilines is 1. The van der Waals surface area contributed by atoms with Gasteiger partial charge < -0.3 is 15.3 Å². The van der Waals surface area contributed by atoms with E-state index in [1.807, 2.05) is 36.4 Å². The van der Waals surface area contributed by atoms with Crippen molar-refractivity contribution in [1.29, 1.82) is 0 Å². The molecule has 2 aromatic heterocycles. The van der Waals surface area contributed by atoms with E-state index in [9.17, 15) is 9.90 Å². The summed E-state index contributed by atoms with van der Waals surface area (Å²) >= 11 is 0. The molecule has 37 heavy (non-hydrogen) atoms. The van der Waals surface area contributed by atoms with Crippen molar-refractivity contribution in [2.75, 3.05) is 4.90 Å². The fourth-order valence-electron chi connectivity index (χ4n) is 6.38. The molecule has 3 fully saturated rings. The van der Waals surface area contributed by atoms with Crippen LogP contribution in [-0.2, 0) is 0 Å². The first-order chi connectivity index (χ1) is 18.1. The lowest BCUT2D eigenvalue weighted by molar-refractivity contribution is 0.0930. The summed E-state index contributed by atoms with van der Waals surface area (Å²) in [5.74, 6) is 0.360. The van der Waals surface area contributed by atoms with Crippen molar-refractivity contribution in [3.8, 4) is 11.3 Å². The Labute approximate surface area is 215 Å². The maximum absolute atomic E-state index is 13.3. The van der Waals surface area contributed by atoms with Gasteiger partial charge in [-0.15, -0.1) is 0 Å². The van der Waals surface area contributed by atoms with Crippen molar-refractivity contribution in [2.45, 2.75) is 62.8 Å². The first-order valence-corrected chi connectivity index (χ1v) is 13.4. The largest absolute Gasteiger partial charge is 0.393 e. The predicted octanol–water partition coefficient (Wildman–Crippen LogP) is 5.00. The quantitative estimate of drug-likeness (QED) is 0.352. The van der Waals surface area contributed by atoms with Crippen LogP contribution in [0.2, 0.25) is 0 Å². The van der Waals surface area contributed by atoms with Gasteiger partial charge in [0.25, 0.3) is 5.91 Å². The minimum absolute atomic E-state index is 0.0630. The highest BCUT2D eigenvalue weighted by Crippen LogP contribution is 2.41. The van der Waals surface area contributed by atoms with Gasteiger partial charge in [0.1, 0.15) is 0 Å². The van der Waals surface area contributed by atoms with Gasteiger partial charge in [0.05, 0.1) is 29.1 Å². The van der Waals surface area contributed by atoms with E-state index in [1.54, 1.807) is 6.20 Å². The van der Waals surface area contributed by atoms with Gasteiger partial charge >= 0.3 is 0 Å². The Balaban J connectivity index is 1.14. The fraction of sp³-hybridized carbons (Fsp3) is 0.367. The van der Waals surface area contributed by atoms with Gasteiger partial charge in [-0.25, -0.2) is 0 Å². The molecular weight excluding hydrogens is 462 g/mol. The molecule has 7 rings (SSSR count). The molecule has 1 amide bonds.